The van der Waals surface area contributed by atoms with Gasteiger partial charge in [-0.1, -0.05) is 13.0 Å². The normalized spacial score (nSPS) is 28.2. The Labute approximate surface area is 218 Å². The quantitative estimate of drug-likeness (QED) is 0.353. The molecule has 0 saturated heterocycles. The van der Waals surface area contributed by atoms with Crippen LogP contribution in [-0.4, -0.2) is 35.0 Å². The van der Waals surface area contributed by atoms with Crippen LogP contribution in [0.2, 0.25) is 0 Å². The number of aromatic nitrogens is 6. The van der Waals surface area contributed by atoms with Crippen LogP contribution < -0.4 is 15.6 Å². The number of H-pyrrole nitrogens is 1. The van der Waals surface area contributed by atoms with Crippen molar-refractivity contribution in [2.45, 2.75) is 75.9 Å². The second kappa shape index (κ2) is 8.73. The summed E-state index contributed by atoms with van der Waals surface area (Å²) in [5, 5.41) is 7.10. The fourth-order valence-electron chi connectivity index (χ4n) is 7.57. The molecule has 4 bridgehead atoms. The maximum absolute atomic E-state index is 13.6. The predicted octanol–water partition coefficient (Wildman–Crippen LogP) is 4.55. The molecule has 4 aromatic rings. The summed E-state index contributed by atoms with van der Waals surface area (Å²) in [6.45, 7) is 3.36. The zero-order valence-electron chi connectivity index (χ0n) is 20.9. The van der Waals surface area contributed by atoms with Gasteiger partial charge in [0.15, 0.2) is 11.2 Å². The lowest BCUT2D eigenvalue weighted by molar-refractivity contribution is -0.0446. The van der Waals surface area contributed by atoms with E-state index in [1.54, 1.807) is 28.2 Å². The van der Waals surface area contributed by atoms with Crippen molar-refractivity contribution in [1.29, 1.82) is 0 Å². The molecule has 4 aliphatic carbocycles. The van der Waals surface area contributed by atoms with Crippen LogP contribution in [0.15, 0.2) is 40.8 Å². The molecule has 2 N–H and O–H groups in total. The van der Waals surface area contributed by atoms with Crippen LogP contribution in [0.3, 0.4) is 0 Å². The van der Waals surface area contributed by atoms with E-state index >= 15 is 0 Å². The topological polar surface area (TPSA) is 111 Å². The monoisotopic (exact) mass is 517 g/mol. The molecule has 0 spiro atoms. The van der Waals surface area contributed by atoms with Crippen molar-refractivity contribution >= 4 is 22.5 Å². The molecule has 4 aliphatic rings. The molecular formula is C27H31N7O2S. The van der Waals surface area contributed by atoms with Gasteiger partial charge in [0.2, 0.25) is 5.88 Å². The molecule has 9 nitrogen and oxygen atoms in total. The molecule has 4 fully saturated rings. The van der Waals surface area contributed by atoms with Crippen LogP contribution in [0.5, 0.6) is 11.9 Å². The third kappa shape index (κ3) is 3.97. The van der Waals surface area contributed by atoms with Gasteiger partial charge in [0, 0.05) is 47.9 Å². The van der Waals surface area contributed by atoms with E-state index in [4.69, 9.17) is 14.7 Å². The van der Waals surface area contributed by atoms with Crippen molar-refractivity contribution < 1.29 is 4.74 Å². The van der Waals surface area contributed by atoms with E-state index in [0.29, 0.717) is 35.4 Å². The van der Waals surface area contributed by atoms with Gasteiger partial charge in [0.05, 0.1) is 0 Å². The Kier molecular flexibility index (Phi) is 5.44. The second-order valence-corrected chi connectivity index (χ2v) is 12.2. The number of rotatable bonds is 8. The number of hydrogen-bond acceptors (Lipinski definition) is 8. The highest BCUT2D eigenvalue weighted by atomic mass is 32.1. The maximum Gasteiger partial charge on any atom is 0.308 e. The SMILES string of the molecule is CCCn1c(Oc2ccccn2)nc2nc(C34CC5CC(CC(NCc6nccs6)(C5)C3)C4)[nH]c2c1=O. The summed E-state index contributed by atoms with van der Waals surface area (Å²) < 4.78 is 7.56. The number of nitrogens with zero attached hydrogens (tertiary/aromatic N) is 5. The Morgan fingerprint density at radius 2 is 2.03 bits per heavy atom. The Balaban J connectivity index is 1.26. The number of nitrogens with one attached hydrogen (secondary N) is 2. The molecule has 10 heteroatoms. The Morgan fingerprint density at radius 1 is 1.16 bits per heavy atom. The number of pyridine rings is 1. The minimum Gasteiger partial charge on any atom is -0.406 e. The Morgan fingerprint density at radius 3 is 2.76 bits per heavy atom. The van der Waals surface area contributed by atoms with Crippen LogP contribution in [0.25, 0.3) is 11.2 Å². The van der Waals surface area contributed by atoms with Gasteiger partial charge in [-0.2, -0.15) is 4.98 Å². The largest absolute Gasteiger partial charge is 0.406 e. The van der Waals surface area contributed by atoms with Crippen molar-refractivity contribution in [1.82, 2.24) is 34.8 Å². The van der Waals surface area contributed by atoms with E-state index in [9.17, 15) is 4.79 Å². The number of aromatic amines is 1. The third-order valence-electron chi connectivity index (χ3n) is 8.52. The Hall–Kier alpha value is -3.11. The van der Waals surface area contributed by atoms with Crippen molar-refractivity contribution in [3.8, 4) is 11.9 Å². The highest BCUT2D eigenvalue weighted by molar-refractivity contribution is 7.09. The van der Waals surface area contributed by atoms with Gasteiger partial charge in [-0.25, -0.2) is 15.0 Å². The van der Waals surface area contributed by atoms with Crippen LogP contribution in [0.4, 0.5) is 0 Å². The first-order valence-corrected chi connectivity index (χ1v) is 14.2. The standard InChI is InChI=1S/C27H31N7O2S/c1-2-8-34-23(35)21-22(33-25(34)36-19-5-3-4-6-28-19)32-24(31-21)26-11-17-10-18(12-26)14-27(13-17,16-26)30-15-20-29-7-9-37-20/h3-7,9,17-18,30H,2,8,10-16H2,1H3,(H,31,32). The lowest BCUT2D eigenvalue weighted by Gasteiger charge is -2.61. The van der Waals surface area contributed by atoms with E-state index in [1.807, 2.05) is 30.6 Å². The van der Waals surface area contributed by atoms with Gasteiger partial charge >= 0.3 is 6.01 Å². The van der Waals surface area contributed by atoms with Crippen LogP contribution >= 0.6 is 11.3 Å². The molecule has 0 radical (unpaired) electrons. The summed E-state index contributed by atoms with van der Waals surface area (Å²) in [6, 6.07) is 5.67. The van der Waals surface area contributed by atoms with Gasteiger partial charge < -0.3 is 15.0 Å². The number of hydrogen-bond donors (Lipinski definition) is 2. The summed E-state index contributed by atoms with van der Waals surface area (Å²) in [5.74, 6) is 2.67. The molecule has 8 rings (SSSR count). The summed E-state index contributed by atoms with van der Waals surface area (Å²) in [7, 11) is 0. The van der Waals surface area contributed by atoms with Gasteiger partial charge in [-0.05, 0) is 62.8 Å². The van der Waals surface area contributed by atoms with Crippen LogP contribution in [0.1, 0.15) is 62.7 Å². The van der Waals surface area contributed by atoms with E-state index in [1.165, 1.54) is 19.3 Å². The van der Waals surface area contributed by atoms with Gasteiger partial charge in [0.1, 0.15) is 10.8 Å². The summed E-state index contributed by atoms with van der Waals surface area (Å²) in [5.41, 5.74) is 0.789. The van der Waals surface area contributed by atoms with Gasteiger partial charge in [-0.3, -0.25) is 9.36 Å². The number of imidazole rings is 1. The molecule has 2 unspecified atom stereocenters. The molecule has 4 aromatic heterocycles. The molecule has 0 amide bonds. The first-order chi connectivity index (χ1) is 18.0. The average Bonchev–Trinajstić information content (AvgIpc) is 3.56. The zero-order valence-corrected chi connectivity index (χ0v) is 21.8. The second-order valence-electron chi connectivity index (χ2n) is 11.2. The van der Waals surface area contributed by atoms with Gasteiger partial charge in [0.25, 0.3) is 5.56 Å². The minimum atomic E-state index is -0.141. The predicted molar refractivity (Wildman–Crippen MR) is 141 cm³/mol. The smallest absolute Gasteiger partial charge is 0.308 e. The van der Waals surface area contributed by atoms with E-state index in [0.717, 1.165) is 43.1 Å². The maximum atomic E-state index is 13.6. The molecule has 2 atom stereocenters. The Bertz CT molecular complexity index is 1470. The fraction of sp³-hybridized carbons (Fsp3) is 0.519. The molecule has 192 valence electrons. The lowest BCUT2D eigenvalue weighted by atomic mass is 9.46. The molecule has 4 heterocycles. The van der Waals surface area contributed by atoms with E-state index in [2.05, 4.69) is 20.3 Å². The molecular weight excluding hydrogens is 486 g/mol. The minimum absolute atomic E-state index is 0.0648. The average molecular weight is 518 g/mol. The van der Waals surface area contributed by atoms with Crippen LogP contribution in [0, 0.1) is 11.8 Å². The van der Waals surface area contributed by atoms with Crippen LogP contribution in [-0.2, 0) is 18.5 Å². The highest BCUT2D eigenvalue weighted by Gasteiger charge is 2.59. The summed E-state index contributed by atoms with van der Waals surface area (Å²) >= 11 is 1.70. The lowest BCUT2D eigenvalue weighted by Crippen LogP contribution is -2.63. The summed E-state index contributed by atoms with van der Waals surface area (Å²) in [6.07, 6.45) is 11.3. The van der Waals surface area contributed by atoms with E-state index in [-0.39, 0.29) is 22.5 Å². The number of ether oxygens (including phenoxy) is 1. The fourth-order valence-corrected chi connectivity index (χ4v) is 8.12. The van der Waals surface area contributed by atoms with Gasteiger partial charge in [-0.15, -0.1) is 11.3 Å². The van der Waals surface area contributed by atoms with Crippen molar-refractivity contribution in [3.63, 3.8) is 0 Å². The molecule has 37 heavy (non-hydrogen) atoms. The van der Waals surface area contributed by atoms with Crippen molar-refractivity contribution in [2.24, 2.45) is 11.8 Å². The molecule has 4 saturated carbocycles. The molecule has 0 aliphatic heterocycles. The van der Waals surface area contributed by atoms with Crippen molar-refractivity contribution in [3.05, 3.63) is 57.2 Å². The highest BCUT2D eigenvalue weighted by Crippen LogP contribution is 2.61. The molecule has 0 aromatic carbocycles. The first-order valence-electron chi connectivity index (χ1n) is 13.3. The van der Waals surface area contributed by atoms with Crippen molar-refractivity contribution in [2.75, 3.05) is 0 Å². The number of fused-ring (bicyclic) bond motifs is 1. The van der Waals surface area contributed by atoms with E-state index < -0.39 is 0 Å². The summed E-state index contributed by atoms with van der Waals surface area (Å²) in [4.78, 5) is 35.5. The number of thiazole rings is 1. The third-order valence-corrected chi connectivity index (χ3v) is 9.30. The zero-order chi connectivity index (χ0) is 25.0. The first kappa shape index (κ1) is 23.0.